The Morgan fingerprint density at radius 2 is 1.65 bits per heavy atom. The summed E-state index contributed by atoms with van der Waals surface area (Å²) >= 11 is 0. The lowest BCUT2D eigenvalue weighted by Crippen LogP contribution is -1.76. The highest BCUT2D eigenvalue weighted by molar-refractivity contribution is 6.01. The van der Waals surface area contributed by atoms with E-state index in [-0.39, 0.29) is 5.75 Å². The largest absolute Gasteiger partial charge is 0.504 e. The zero-order valence-corrected chi connectivity index (χ0v) is 10.6. The van der Waals surface area contributed by atoms with Crippen molar-refractivity contribution < 1.29 is 9.52 Å². The van der Waals surface area contributed by atoms with Crippen molar-refractivity contribution in [3.05, 3.63) is 60.7 Å². The molecule has 20 heavy (non-hydrogen) atoms. The third kappa shape index (κ3) is 1.57. The van der Waals surface area contributed by atoms with Gasteiger partial charge in [0.1, 0.15) is 5.52 Å². The number of nitrogens with zero attached hydrogens (tertiary/aromatic N) is 1. The summed E-state index contributed by atoms with van der Waals surface area (Å²) in [7, 11) is 0. The van der Waals surface area contributed by atoms with Crippen LogP contribution in [-0.4, -0.2) is 10.1 Å². The molecule has 0 radical (unpaired) electrons. The number of phenols is 1. The van der Waals surface area contributed by atoms with Crippen molar-refractivity contribution >= 4 is 21.9 Å². The molecule has 0 aliphatic carbocycles. The van der Waals surface area contributed by atoms with Crippen LogP contribution in [0.5, 0.6) is 5.75 Å². The molecular formula is C17H11NO2. The van der Waals surface area contributed by atoms with E-state index in [1.165, 1.54) is 0 Å². The van der Waals surface area contributed by atoms with E-state index < -0.39 is 0 Å². The van der Waals surface area contributed by atoms with Gasteiger partial charge in [0.2, 0.25) is 5.89 Å². The second-order valence-corrected chi connectivity index (χ2v) is 4.68. The van der Waals surface area contributed by atoms with Crippen molar-refractivity contribution in [2.75, 3.05) is 0 Å². The summed E-state index contributed by atoms with van der Waals surface area (Å²) in [5.41, 5.74) is 2.00. The fourth-order valence-corrected chi connectivity index (χ4v) is 2.41. The summed E-state index contributed by atoms with van der Waals surface area (Å²) in [6.45, 7) is 0. The summed E-state index contributed by atoms with van der Waals surface area (Å²) in [6, 6.07) is 19.2. The van der Waals surface area contributed by atoms with Gasteiger partial charge in [-0.2, -0.15) is 0 Å². The zero-order valence-electron chi connectivity index (χ0n) is 10.6. The lowest BCUT2D eigenvalue weighted by atomic mass is 10.1. The Balaban J connectivity index is 2.04. The van der Waals surface area contributed by atoms with Gasteiger partial charge < -0.3 is 9.52 Å². The molecule has 96 valence electrons. The van der Waals surface area contributed by atoms with Crippen LogP contribution in [0, 0.1) is 0 Å². The maximum atomic E-state index is 10.3. The average Bonchev–Trinajstić information content (AvgIpc) is 2.93. The Labute approximate surface area is 115 Å². The van der Waals surface area contributed by atoms with Crippen molar-refractivity contribution in [1.29, 1.82) is 0 Å². The van der Waals surface area contributed by atoms with E-state index in [1.807, 2.05) is 60.7 Å². The molecule has 3 aromatic carbocycles. The molecule has 4 rings (SSSR count). The molecule has 4 aromatic rings. The van der Waals surface area contributed by atoms with Crippen LogP contribution < -0.4 is 0 Å². The van der Waals surface area contributed by atoms with Gasteiger partial charge in [-0.15, -0.1) is 0 Å². The van der Waals surface area contributed by atoms with Crippen LogP contribution in [0.4, 0.5) is 0 Å². The first-order valence-electron chi connectivity index (χ1n) is 6.39. The molecule has 0 spiro atoms. The number of aromatic hydroxyl groups is 1. The third-order valence-corrected chi connectivity index (χ3v) is 3.40. The SMILES string of the molecule is Oc1c2ccccc2cc2nc(-c3ccccc3)oc12. The summed E-state index contributed by atoms with van der Waals surface area (Å²) in [5, 5.41) is 12.1. The molecule has 0 amide bonds. The van der Waals surface area contributed by atoms with E-state index in [0.717, 1.165) is 16.3 Å². The summed E-state index contributed by atoms with van der Waals surface area (Å²) in [6.07, 6.45) is 0. The van der Waals surface area contributed by atoms with E-state index in [4.69, 9.17) is 4.42 Å². The highest BCUT2D eigenvalue weighted by Gasteiger charge is 2.14. The van der Waals surface area contributed by atoms with Gasteiger partial charge >= 0.3 is 0 Å². The van der Waals surface area contributed by atoms with Crippen LogP contribution in [0.25, 0.3) is 33.3 Å². The van der Waals surface area contributed by atoms with Crippen LogP contribution in [0.3, 0.4) is 0 Å². The van der Waals surface area contributed by atoms with Crippen molar-refractivity contribution in [1.82, 2.24) is 4.98 Å². The normalized spacial score (nSPS) is 11.2. The lowest BCUT2D eigenvalue weighted by molar-refractivity contribution is 0.472. The molecule has 0 bridgehead atoms. The third-order valence-electron chi connectivity index (χ3n) is 3.40. The molecule has 0 aliphatic rings. The van der Waals surface area contributed by atoms with Gasteiger partial charge in [-0.3, -0.25) is 0 Å². The minimum Gasteiger partial charge on any atom is -0.504 e. The van der Waals surface area contributed by atoms with Gasteiger partial charge in [0.15, 0.2) is 11.3 Å². The fraction of sp³-hybridized carbons (Fsp3) is 0. The number of hydrogen-bond acceptors (Lipinski definition) is 3. The van der Waals surface area contributed by atoms with Gasteiger partial charge in [0.05, 0.1) is 0 Å². The van der Waals surface area contributed by atoms with E-state index in [1.54, 1.807) is 0 Å². The van der Waals surface area contributed by atoms with Crippen molar-refractivity contribution in [3.63, 3.8) is 0 Å². The topological polar surface area (TPSA) is 46.3 Å². The van der Waals surface area contributed by atoms with Gasteiger partial charge in [-0.25, -0.2) is 4.98 Å². The maximum Gasteiger partial charge on any atom is 0.227 e. The molecule has 0 atom stereocenters. The quantitative estimate of drug-likeness (QED) is 0.554. The number of fused-ring (bicyclic) bond motifs is 2. The first-order chi connectivity index (χ1) is 9.83. The number of rotatable bonds is 1. The number of aromatic nitrogens is 1. The molecule has 1 aromatic heterocycles. The van der Waals surface area contributed by atoms with Gasteiger partial charge in [-0.05, 0) is 23.6 Å². The second kappa shape index (κ2) is 4.10. The summed E-state index contributed by atoms with van der Waals surface area (Å²) in [5.74, 6) is 0.666. The van der Waals surface area contributed by atoms with Crippen molar-refractivity contribution in [2.45, 2.75) is 0 Å². The molecule has 0 saturated carbocycles. The Bertz CT molecular complexity index is 910. The molecule has 1 N–H and O–H groups in total. The van der Waals surface area contributed by atoms with E-state index in [2.05, 4.69) is 4.98 Å². The highest BCUT2D eigenvalue weighted by atomic mass is 16.4. The van der Waals surface area contributed by atoms with Crippen LogP contribution in [0.2, 0.25) is 0 Å². The number of benzene rings is 3. The van der Waals surface area contributed by atoms with Crippen LogP contribution >= 0.6 is 0 Å². The fourth-order valence-electron chi connectivity index (χ4n) is 2.41. The van der Waals surface area contributed by atoms with Crippen molar-refractivity contribution in [2.24, 2.45) is 0 Å². The summed E-state index contributed by atoms with van der Waals surface area (Å²) < 4.78 is 5.73. The number of phenolic OH excluding ortho intramolecular Hbond substituents is 1. The molecule has 0 aliphatic heterocycles. The molecular weight excluding hydrogens is 250 g/mol. The second-order valence-electron chi connectivity index (χ2n) is 4.68. The predicted molar refractivity (Wildman–Crippen MR) is 78.6 cm³/mol. The molecule has 0 unspecified atom stereocenters. The molecule has 3 nitrogen and oxygen atoms in total. The maximum absolute atomic E-state index is 10.3. The average molecular weight is 261 g/mol. The van der Waals surface area contributed by atoms with Gasteiger partial charge in [0, 0.05) is 10.9 Å². The Morgan fingerprint density at radius 3 is 2.50 bits per heavy atom. The van der Waals surface area contributed by atoms with Crippen LogP contribution in [-0.2, 0) is 0 Å². The van der Waals surface area contributed by atoms with E-state index in [9.17, 15) is 5.11 Å². The monoisotopic (exact) mass is 261 g/mol. The van der Waals surface area contributed by atoms with Crippen molar-refractivity contribution in [3.8, 4) is 17.2 Å². The minimum atomic E-state index is 0.146. The highest BCUT2D eigenvalue weighted by Crippen LogP contribution is 2.36. The predicted octanol–water partition coefficient (Wildman–Crippen LogP) is 4.35. The van der Waals surface area contributed by atoms with Crippen LogP contribution in [0.15, 0.2) is 65.1 Å². The standard InChI is InChI=1S/C17H11NO2/c19-15-13-9-5-4-8-12(13)10-14-16(15)20-17(18-14)11-6-2-1-3-7-11/h1-10,19H. The Kier molecular flexibility index (Phi) is 2.27. The first kappa shape index (κ1) is 11.1. The minimum absolute atomic E-state index is 0.146. The molecule has 1 heterocycles. The first-order valence-corrected chi connectivity index (χ1v) is 6.39. The number of hydrogen-bond donors (Lipinski definition) is 1. The number of oxazole rings is 1. The molecule has 0 fully saturated rings. The van der Waals surface area contributed by atoms with E-state index in [0.29, 0.717) is 17.0 Å². The lowest BCUT2D eigenvalue weighted by Gasteiger charge is -1.99. The Morgan fingerprint density at radius 1 is 0.900 bits per heavy atom. The molecule has 0 saturated heterocycles. The van der Waals surface area contributed by atoms with Gasteiger partial charge in [0.25, 0.3) is 0 Å². The van der Waals surface area contributed by atoms with Gasteiger partial charge in [-0.1, -0.05) is 42.5 Å². The smallest absolute Gasteiger partial charge is 0.227 e. The van der Waals surface area contributed by atoms with E-state index >= 15 is 0 Å². The Hall–Kier alpha value is -2.81. The summed E-state index contributed by atoms with van der Waals surface area (Å²) in [4.78, 5) is 4.47. The zero-order chi connectivity index (χ0) is 13.5. The van der Waals surface area contributed by atoms with Crippen LogP contribution in [0.1, 0.15) is 0 Å². The molecule has 3 heteroatoms.